The fourth-order valence-electron chi connectivity index (χ4n) is 1.92. The lowest BCUT2D eigenvalue weighted by Crippen LogP contribution is -2.37. The van der Waals surface area contributed by atoms with Gasteiger partial charge < -0.3 is 5.11 Å². The summed E-state index contributed by atoms with van der Waals surface area (Å²) >= 11 is 1.31. The van der Waals surface area contributed by atoms with Crippen LogP contribution in [0.5, 0.6) is 0 Å². The van der Waals surface area contributed by atoms with Crippen LogP contribution < -0.4 is 0 Å². The zero-order valence-electron chi connectivity index (χ0n) is 11.2. The molecule has 1 aromatic carbocycles. The van der Waals surface area contributed by atoms with Crippen molar-refractivity contribution in [1.29, 1.82) is 0 Å². The molecule has 0 saturated carbocycles. The molecular formula is C13H11FN4O2S. The number of fused-ring (bicyclic) bond motifs is 1. The smallest absolute Gasteiger partial charge is 0.331 e. The van der Waals surface area contributed by atoms with Gasteiger partial charge in [-0.05, 0) is 47.9 Å². The van der Waals surface area contributed by atoms with Gasteiger partial charge in [-0.25, -0.2) is 13.9 Å². The SMILES string of the molecule is CC(C)(C(=O)O)n1nnnc1-c1cc2ccc(F)cc2s1. The Kier molecular flexibility index (Phi) is 2.98. The van der Waals surface area contributed by atoms with Crippen LogP contribution in [0.15, 0.2) is 24.3 Å². The van der Waals surface area contributed by atoms with Crippen molar-refractivity contribution in [2.75, 3.05) is 0 Å². The number of benzene rings is 1. The Balaban J connectivity index is 2.16. The number of carbonyl (C=O) groups is 1. The molecule has 2 heterocycles. The lowest BCUT2D eigenvalue weighted by atomic mass is 10.1. The monoisotopic (exact) mass is 306 g/mol. The summed E-state index contributed by atoms with van der Waals surface area (Å²) < 4.78 is 15.3. The van der Waals surface area contributed by atoms with Crippen molar-refractivity contribution < 1.29 is 14.3 Å². The molecule has 0 bridgehead atoms. The van der Waals surface area contributed by atoms with Gasteiger partial charge in [0.05, 0.1) is 4.88 Å². The number of aliphatic carboxylic acids is 1. The number of carboxylic acid groups (broad SMARTS) is 1. The maximum Gasteiger partial charge on any atom is 0.331 e. The van der Waals surface area contributed by atoms with Crippen molar-refractivity contribution in [3.05, 3.63) is 30.1 Å². The average molecular weight is 306 g/mol. The van der Waals surface area contributed by atoms with Gasteiger partial charge in [-0.1, -0.05) is 6.07 Å². The van der Waals surface area contributed by atoms with E-state index in [1.54, 1.807) is 6.07 Å². The van der Waals surface area contributed by atoms with Gasteiger partial charge in [0.2, 0.25) is 0 Å². The number of thiophene rings is 1. The molecule has 3 aromatic rings. The second-order valence-corrected chi connectivity index (χ2v) is 6.16. The number of hydrogen-bond donors (Lipinski definition) is 1. The number of halogens is 1. The van der Waals surface area contributed by atoms with E-state index in [0.717, 1.165) is 10.1 Å². The summed E-state index contributed by atoms with van der Waals surface area (Å²) in [5.74, 6) is -1.01. The predicted octanol–water partition coefficient (Wildman–Crippen LogP) is 2.51. The van der Waals surface area contributed by atoms with Gasteiger partial charge in [-0.3, -0.25) is 0 Å². The van der Waals surface area contributed by atoms with Crippen LogP contribution >= 0.6 is 11.3 Å². The Hall–Kier alpha value is -2.35. The zero-order chi connectivity index (χ0) is 15.2. The molecule has 21 heavy (non-hydrogen) atoms. The summed E-state index contributed by atoms with van der Waals surface area (Å²) in [6, 6.07) is 6.30. The third kappa shape index (κ3) is 2.17. The Morgan fingerprint density at radius 3 is 2.86 bits per heavy atom. The number of carboxylic acids is 1. The van der Waals surface area contributed by atoms with Crippen molar-refractivity contribution in [2.24, 2.45) is 0 Å². The third-order valence-electron chi connectivity index (χ3n) is 3.22. The highest BCUT2D eigenvalue weighted by molar-refractivity contribution is 7.22. The summed E-state index contributed by atoms with van der Waals surface area (Å²) in [7, 11) is 0. The Bertz CT molecular complexity index is 840. The van der Waals surface area contributed by atoms with E-state index < -0.39 is 11.5 Å². The van der Waals surface area contributed by atoms with E-state index in [2.05, 4.69) is 15.5 Å². The van der Waals surface area contributed by atoms with E-state index in [1.807, 2.05) is 6.07 Å². The number of aromatic nitrogens is 4. The molecule has 0 unspecified atom stereocenters. The van der Waals surface area contributed by atoms with E-state index >= 15 is 0 Å². The van der Waals surface area contributed by atoms with Gasteiger partial charge in [0.25, 0.3) is 0 Å². The molecule has 0 aliphatic rings. The van der Waals surface area contributed by atoms with Crippen LogP contribution in [0.3, 0.4) is 0 Å². The maximum atomic E-state index is 13.2. The molecule has 0 atom stereocenters. The van der Waals surface area contributed by atoms with Crippen LogP contribution in [0, 0.1) is 5.82 Å². The van der Waals surface area contributed by atoms with Gasteiger partial charge in [0.1, 0.15) is 5.82 Å². The van der Waals surface area contributed by atoms with E-state index in [4.69, 9.17) is 0 Å². The van der Waals surface area contributed by atoms with Crippen molar-refractivity contribution in [1.82, 2.24) is 20.2 Å². The molecule has 0 aliphatic carbocycles. The first-order valence-corrected chi connectivity index (χ1v) is 6.93. The summed E-state index contributed by atoms with van der Waals surface area (Å²) in [6.45, 7) is 3.03. The first kappa shape index (κ1) is 13.6. The normalized spacial score (nSPS) is 12.0. The Morgan fingerprint density at radius 2 is 2.14 bits per heavy atom. The quantitative estimate of drug-likeness (QED) is 0.804. The second-order valence-electron chi connectivity index (χ2n) is 5.07. The van der Waals surface area contributed by atoms with E-state index in [1.165, 1.54) is 42.0 Å². The highest BCUT2D eigenvalue weighted by atomic mass is 32.1. The minimum atomic E-state index is -1.28. The second kappa shape index (κ2) is 4.59. The number of hydrogen-bond acceptors (Lipinski definition) is 5. The standard InChI is InChI=1S/C13H11FN4O2S/c1-13(2,12(19)20)18-11(15-16-17-18)10-5-7-3-4-8(14)6-9(7)21-10/h3-6H,1-2H3,(H,19,20). The number of nitrogens with zero attached hydrogens (tertiary/aromatic N) is 4. The average Bonchev–Trinajstić information content (AvgIpc) is 3.03. The topological polar surface area (TPSA) is 80.9 Å². The largest absolute Gasteiger partial charge is 0.479 e. The Labute approximate surface area is 122 Å². The third-order valence-corrected chi connectivity index (χ3v) is 4.32. The van der Waals surface area contributed by atoms with E-state index in [-0.39, 0.29) is 5.82 Å². The van der Waals surface area contributed by atoms with Crippen LogP contribution in [0.25, 0.3) is 20.8 Å². The van der Waals surface area contributed by atoms with Gasteiger partial charge in [0, 0.05) is 4.70 Å². The summed E-state index contributed by atoms with van der Waals surface area (Å²) in [4.78, 5) is 12.0. The van der Waals surface area contributed by atoms with Crippen LogP contribution in [0.2, 0.25) is 0 Å². The van der Waals surface area contributed by atoms with Gasteiger partial charge in [-0.2, -0.15) is 0 Å². The summed E-state index contributed by atoms with van der Waals surface area (Å²) in [5, 5.41) is 21.4. The predicted molar refractivity (Wildman–Crippen MR) is 75.6 cm³/mol. The molecular weight excluding hydrogens is 295 g/mol. The lowest BCUT2D eigenvalue weighted by Gasteiger charge is -2.19. The molecule has 2 aromatic heterocycles. The molecule has 1 N–H and O–H groups in total. The molecule has 0 spiro atoms. The number of rotatable bonds is 3. The Morgan fingerprint density at radius 1 is 1.38 bits per heavy atom. The molecule has 0 radical (unpaired) electrons. The zero-order valence-corrected chi connectivity index (χ0v) is 12.1. The van der Waals surface area contributed by atoms with Crippen LogP contribution in [0.1, 0.15) is 13.8 Å². The minimum Gasteiger partial charge on any atom is -0.479 e. The molecule has 8 heteroatoms. The summed E-state index contributed by atoms with van der Waals surface area (Å²) in [5.41, 5.74) is -1.28. The van der Waals surface area contributed by atoms with Crippen LogP contribution in [-0.4, -0.2) is 31.3 Å². The lowest BCUT2D eigenvalue weighted by molar-refractivity contribution is -0.146. The van der Waals surface area contributed by atoms with Crippen molar-refractivity contribution in [2.45, 2.75) is 19.4 Å². The molecule has 0 saturated heterocycles. The highest BCUT2D eigenvalue weighted by Crippen LogP contribution is 2.34. The summed E-state index contributed by atoms with van der Waals surface area (Å²) in [6.07, 6.45) is 0. The first-order chi connectivity index (χ1) is 9.89. The molecule has 6 nitrogen and oxygen atoms in total. The van der Waals surface area contributed by atoms with E-state index in [0.29, 0.717) is 10.7 Å². The molecule has 108 valence electrons. The molecule has 0 aliphatic heterocycles. The van der Waals surface area contributed by atoms with Crippen molar-refractivity contribution in [3.8, 4) is 10.7 Å². The van der Waals surface area contributed by atoms with Gasteiger partial charge in [-0.15, -0.1) is 16.4 Å². The fourth-order valence-corrected chi connectivity index (χ4v) is 2.98. The molecule has 0 amide bonds. The minimum absolute atomic E-state index is 0.318. The van der Waals surface area contributed by atoms with Crippen molar-refractivity contribution >= 4 is 27.4 Å². The fraction of sp³-hybridized carbons (Fsp3) is 0.231. The maximum absolute atomic E-state index is 13.2. The van der Waals surface area contributed by atoms with Gasteiger partial charge >= 0.3 is 5.97 Å². The van der Waals surface area contributed by atoms with E-state index in [9.17, 15) is 14.3 Å². The highest BCUT2D eigenvalue weighted by Gasteiger charge is 2.34. The van der Waals surface area contributed by atoms with Gasteiger partial charge in [0.15, 0.2) is 11.4 Å². The first-order valence-electron chi connectivity index (χ1n) is 6.11. The molecule has 3 rings (SSSR count). The molecule has 0 fully saturated rings. The number of tetrazole rings is 1. The van der Waals surface area contributed by atoms with Crippen LogP contribution in [-0.2, 0) is 10.3 Å². The van der Waals surface area contributed by atoms with Crippen molar-refractivity contribution in [3.63, 3.8) is 0 Å². The van der Waals surface area contributed by atoms with Crippen LogP contribution in [0.4, 0.5) is 4.39 Å².